The van der Waals surface area contributed by atoms with Crippen molar-refractivity contribution in [2.24, 2.45) is 7.05 Å². The maximum atomic E-state index is 12.5. The van der Waals surface area contributed by atoms with E-state index in [-0.39, 0.29) is 30.1 Å². The van der Waals surface area contributed by atoms with E-state index in [1.54, 1.807) is 28.6 Å². The molecule has 4 rings (SSSR count). The third-order valence-electron chi connectivity index (χ3n) is 5.23. The Hall–Kier alpha value is -3.29. The Morgan fingerprint density at radius 3 is 2.50 bits per heavy atom. The molecule has 3 heterocycles. The minimum absolute atomic E-state index is 0.0150. The molecule has 8 heteroatoms. The monoisotopic (exact) mass is 382 g/mol. The average Bonchev–Trinajstić information content (AvgIpc) is 3.32. The van der Waals surface area contributed by atoms with E-state index in [2.05, 4.69) is 5.32 Å². The van der Waals surface area contributed by atoms with Crippen molar-refractivity contribution in [2.45, 2.75) is 25.4 Å². The number of piperidine rings is 1. The van der Waals surface area contributed by atoms with E-state index >= 15 is 0 Å². The summed E-state index contributed by atoms with van der Waals surface area (Å²) in [6.45, 7) is 1.09. The summed E-state index contributed by atoms with van der Waals surface area (Å²) in [5.74, 6) is 0.00386. The van der Waals surface area contributed by atoms with Gasteiger partial charge in [-0.15, -0.1) is 0 Å². The number of aryl methyl sites for hydroxylation is 1. The van der Waals surface area contributed by atoms with Gasteiger partial charge in [0.15, 0.2) is 5.76 Å². The average molecular weight is 382 g/mol. The summed E-state index contributed by atoms with van der Waals surface area (Å²) in [7, 11) is 1.70. The number of amides is 2. The molecule has 28 heavy (non-hydrogen) atoms. The number of benzene rings is 1. The van der Waals surface area contributed by atoms with Gasteiger partial charge in [-0.3, -0.25) is 18.7 Å². The van der Waals surface area contributed by atoms with Gasteiger partial charge in [0.1, 0.15) is 6.54 Å². The zero-order chi connectivity index (χ0) is 19.7. The molecule has 1 aliphatic rings. The lowest BCUT2D eigenvalue weighted by Crippen LogP contribution is -2.47. The van der Waals surface area contributed by atoms with Crippen molar-refractivity contribution in [1.82, 2.24) is 19.4 Å². The standard InChI is InChI=1S/C20H22N4O4/c1-22-15-5-2-3-6-16(15)24(20(22)27)13-18(25)21-14-8-10-23(11-9-14)19(26)17-7-4-12-28-17/h2-7,12,14H,8-11,13H2,1H3,(H,21,25). The first-order chi connectivity index (χ1) is 13.5. The van der Waals surface area contributed by atoms with Crippen molar-refractivity contribution in [3.8, 4) is 0 Å². The van der Waals surface area contributed by atoms with Crippen LogP contribution in [0, 0.1) is 0 Å². The van der Waals surface area contributed by atoms with Crippen LogP contribution in [0.3, 0.4) is 0 Å². The highest BCUT2D eigenvalue weighted by molar-refractivity contribution is 5.91. The van der Waals surface area contributed by atoms with E-state index < -0.39 is 0 Å². The molecule has 0 unspecified atom stereocenters. The highest BCUT2D eigenvalue weighted by Crippen LogP contribution is 2.15. The molecule has 8 nitrogen and oxygen atoms in total. The van der Waals surface area contributed by atoms with E-state index in [1.165, 1.54) is 10.8 Å². The van der Waals surface area contributed by atoms with Gasteiger partial charge in [-0.2, -0.15) is 0 Å². The second kappa shape index (κ2) is 7.38. The highest BCUT2D eigenvalue weighted by Gasteiger charge is 2.26. The largest absolute Gasteiger partial charge is 0.459 e. The molecule has 2 amide bonds. The quantitative estimate of drug-likeness (QED) is 0.738. The second-order valence-electron chi connectivity index (χ2n) is 7.03. The first-order valence-electron chi connectivity index (χ1n) is 9.31. The number of likely N-dealkylation sites (tertiary alicyclic amines) is 1. The molecule has 3 aromatic rings. The maximum absolute atomic E-state index is 12.5. The van der Waals surface area contributed by atoms with Crippen molar-refractivity contribution in [3.63, 3.8) is 0 Å². The SMILES string of the molecule is Cn1c(=O)n(CC(=O)NC2CCN(C(=O)c3ccco3)CC2)c2ccccc21. The van der Waals surface area contributed by atoms with Crippen LogP contribution >= 0.6 is 0 Å². The molecule has 1 aromatic carbocycles. The van der Waals surface area contributed by atoms with Crippen LogP contribution in [0.4, 0.5) is 0 Å². The minimum Gasteiger partial charge on any atom is -0.459 e. The number of rotatable bonds is 4. The minimum atomic E-state index is -0.213. The number of carbonyl (C=O) groups is 2. The summed E-state index contributed by atoms with van der Waals surface area (Å²) in [4.78, 5) is 39.0. The number of carbonyl (C=O) groups excluding carboxylic acids is 2. The van der Waals surface area contributed by atoms with Crippen LogP contribution in [-0.4, -0.2) is 45.0 Å². The predicted octanol–water partition coefficient (Wildman–Crippen LogP) is 1.35. The van der Waals surface area contributed by atoms with E-state index in [0.717, 1.165) is 11.0 Å². The topological polar surface area (TPSA) is 89.5 Å². The Morgan fingerprint density at radius 1 is 1.11 bits per heavy atom. The number of nitrogens with one attached hydrogen (secondary N) is 1. The van der Waals surface area contributed by atoms with Crippen molar-refractivity contribution in [3.05, 3.63) is 58.9 Å². The van der Waals surface area contributed by atoms with E-state index in [0.29, 0.717) is 31.7 Å². The molecule has 1 fully saturated rings. The molecule has 1 N–H and O–H groups in total. The van der Waals surface area contributed by atoms with Crippen LogP contribution in [0.5, 0.6) is 0 Å². The maximum Gasteiger partial charge on any atom is 0.329 e. The Morgan fingerprint density at radius 2 is 1.82 bits per heavy atom. The summed E-state index contributed by atoms with van der Waals surface area (Å²) in [6.07, 6.45) is 2.82. The highest BCUT2D eigenvalue weighted by atomic mass is 16.3. The normalized spacial score (nSPS) is 15.1. The molecular formula is C20H22N4O4. The van der Waals surface area contributed by atoms with E-state index in [4.69, 9.17) is 4.42 Å². The molecule has 0 bridgehead atoms. The lowest BCUT2D eigenvalue weighted by molar-refractivity contribution is -0.122. The molecule has 146 valence electrons. The van der Waals surface area contributed by atoms with Crippen molar-refractivity contribution in [1.29, 1.82) is 0 Å². The number of imidazole rings is 1. The third-order valence-corrected chi connectivity index (χ3v) is 5.23. The number of aromatic nitrogens is 2. The van der Waals surface area contributed by atoms with Crippen molar-refractivity contribution in [2.75, 3.05) is 13.1 Å². The number of fused-ring (bicyclic) bond motifs is 1. The lowest BCUT2D eigenvalue weighted by atomic mass is 10.0. The van der Waals surface area contributed by atoms with Crippen LogP contribution in [0.1, 0.15) is 23.4 Å². The molecule has 0 spiro atoms. The van der Waals surface area contributed by atoms with Crippen LogP contribution < -0.4 is 11.0 Å². The number of nitrogens with zero attached hydrogens (tertiary/aromatic N) is 3. The Balaban J connectivity index is 1.36. The number of hydrogen-bond donors (Lipinski definition) is 1. The van der Waals surface area contributed by atoms with Gasteiger partial charge in [0, 0.05) is 26.2 Å². The summed E-state index contributed by atoms with van der Waals surface area (Å²) in [5, 5.41) is 2.99. The molecule has 0 radical (unpaired) electrons. The van der Waals surface area contributed by atoms with Gasteiger partial charge in [0.05, 0.1) is 17.3 Å². The van der Waals surface area contributed by atoms with Gasteiger partial charge in [-0.25, -0.2) is 4.79 Å². The summed E-state index contributed by atoms with van der Waals surface area (Å²) < 4.78 is 8.19. The predicted molar refractivity (Wildman–Crippen MR) is 103 cm³/mol. The molecule has 1 aliphatic heterocycles. The number of para-hydroxylation sites is 2. The van der Waals surface area contributed by atoms with Gasteiger partial charge < -0.3 is 14.6 Å². The van der Waals surface area contributed by atoms with Crippen molar-refractivity contribution >= 4 is 22.8 Å². The molecule has 2 aromatic heterocycles. The van der Waals surface area contributed by atoms with Gasteiger partial charge in [-0.1, -0.05) is 12.1 Å². The third kappa shape index (κ3) is 3.33. The van der Waals surface area contributed by atoms with Crippen molar-refractivity contribution < 1.29 is 14.0 Å². The number of furan rings is 1. The Labute approximate surface area is 161 Å². The van der Waals surface area contributed by atoms with Crippen LogP contribution in [0.15, 0.2) is 51.9 Å². The molecule has 0 atom stereocenters. The van der Waals surface area contributed by atoms with Gasteiger partial charge in [0.25, 0.3) is 5.91 Å². The van der Waals surface area contributed by atoms with Crippen LogP contribution in [0.25, 0.3) is 11.0 Å². The fourth-order valence-electron chi connectivity index (χ4n) is 3.72. The van der Waals surface area contributed by atoms with E-state index in [9.17, 15) is 14.4 Å². The first kappa shape index (κ1) is 18.1. The molecule has 1 saturated heterocycles. The zero-order valence-electron chi connectivity index (χ0n) is 15.6. The lowest BCUT2D eigenvalue weighted by Gasteiger charge is -2.31. The van der Waals surface area contributed by atoms with Crippen LogP contribution in [0.2, 0.25) is 0 Å². The first-order valence-corrected chi connectivity index (χ1v) is 9.31. The molecule has 0 aliphatic carbocycles. The smallest absolute Gasteiger partial charge is 0.329 e. The fraction of sp³-hybridized carbons (Fsp3) is 0.350. The summed E-state index contributed by atoms with van der Waals surface area (Å²) >= 11 is 0. The summed E-state index contributed by atoms with van der Waals surface area (Å²) in [6, 6.07) is 10.7. The van der Waals surface area contributed by atoms with Crippen LogP contribution in [-0.2, 0) is 18.4 Å². The second-order valence-corrected chi connectivity index (χ2v) is 7.03. The molecule has 0 saturated carbocycles. The fourth-order valence-corrected chi connectivity index (χ4v) is 3.72. The number of hydrogen-bond acceptors (Lipinski definition) is 4. The zero-order valence-corrected chi connectivity index (χ0v) is 15.6. The Bertz CT molecular complexity index is 1060. The summed E-state index contributed by atoms with van der Waals surface area (Å²) in [5.41, 5.74) is 1.32. The molecular weight excluding hydrogens is 360 g/mol. The van der Waals surface area contributed by atoms with E-state index in [1.807, 2.05) is 24.3 Å². The van der Waals surface area contributed by atoms with Gasteiger partial charge >= 0.3 is 5.69 Å². The van der Waals surface area contributed by atoms with Gasteiger partial charge in [0.2, 0.25) is 5.91 Å². The van der Waals surface area contributed by atoms with Gasteiger partial charge in [-0.05, 0) is 37.1 Å². The Kier molecular flexibility index (Phi) is 4.77.